The van der Waals surface area contributed by atoms with Crippen LogP contribution in [0.25, 0.3) is 0 Å². The third kappa shape index (κ3) is 4.80. The van der Waals surface area contributed by atoms with Crippen LogP contribution >= 0.6 is 23.2 Å². The van der Waals surface area contributed by atoms with Crippen LogP contribution in [0.2, 0.25) is 10.3 Å². The van der Waals surface area contributed by atoms with Crippen molar-refractivity contribution in [3.63, 3.8) is 0 Å². The number of amides is 1. The van der Waals surface area contributed by atoms with E-state index in [2.05, 4.69) is 15.2 Å². The van der Waals surface area contributed by atoms with Crippen LogP contribution in [0.1, 0.15) is 23.7 Å². The fourth-order valence-electron chi connectivity index (χ4n) is 1.41. The minimum atomic E-state index is -0.226. The van der Waals surface area contributed by atoms with Crippen molar-refractivity contribution in [2.45, 2.75) is 19.4 Å². The van der Waals surface area contributed by atoms with Crippen LogP contribution in [0.15, 0.2) is 12.1 Å². The Bertz CT molecular complexity index is 424. The summed E-state index contributed by atoms with van der Waals surface area (Å²) in [4.78, 5) is 17.8. The van der Waals surface area contributed by atoms with Gasteiger partial charge in [0.2, 0.25) is 0 Å². The third-order valence-corrected chi connectivity index (χ3v) is 2.94. The van der Waals surface area contributed by atoms with Crippen LogP contribution < -0.4 is 5.32 Å². The fourth-order valence-corrected chi connectivity index (χ4v) is 1.84. The Morgan fingerprint density at radius 3 is 2.67 bits per heavy atom. The summed E-state index contributed by atoms with van der Waals surface area (Å²) in [6.45, 7) is 2.87. The van der Waals surface area contributed by atoms with E-state index >= 15 is 0 Å². The molecule has 1 N–H and O–H groups in total. The molecule has 0 aliphatic heterocycles. The van der Waals surface area contributed by atoms with Gasteiger partial charge in [0, 0.05) is 6.04 Å². The molecule has 1 aromatic rings. The molecule has 100 valence electrons. The highest BCUT2D eigenvalue weighted by atomic mass is 35.5. The first-order chi connectivity index (χ1) is 8.40. The molecule has 0 aliphatic rings. The van der Waals surface area contributed by atoms with Gasteiger partial charge in [0.15, 0.2) is 0 Å². The van der Waals surface area contributed by atoms with Crippen LogP contribution in [0.5, 0.6) is 0 Å². The van der Waals surface area contributed by atoms with E-state index in [0.29, 0.717) is 5.56 Å². The summed E-state index contributed by atoms with van der Waals surface area (Å²) in [5.74, 6) is -0.226. The van der Waals surface area contributed by atoms with Gasteiger partial charge in [0.05, 0.1) is 5.56 Å². The van der Waals surface area contributed by atoms with E-state index in [0.717, 1.165) is 13.0 Å². The maximum absolute atomic E-state index is 11.9. The lowest BCUT2D eigenvalue weighted by Gasteiger charge is -2.16. The fraction of sp³-hybridized carbons (Fsp3) is 0.500. The topological polar surface area (TPSA) is 45.2 Å². The number of rotatable bonds is 5. The Labute approximate surface area is 117 Å². The van der Waals surface area contributed by atoms with Gasteiger partial charge in [-0.1, -0.05) is 23.2 Å². The van der Waals surface area contributed by atoms with Gasteiger partial charge in [0.25, 0.3) is 5.91 Å². The second kappa shape index (κ2) is 6.92. The summed E-state index contributed by atoms with van der Waals surface area (Å²) in [7, 11) is 3.99. The zero-order chi connectivity index (χ0) is 13.7. The van der Waals surface area contributed by atoms with Gasteiger partial charge in [-0.2, -0.15) is 0 Å². The molecule has 0 aliphatic carbocycles. The number of pyridine rings is 1. The van der Waals surface area contributed by atoms with Gasteiger partial charge >= 0.3 is 0 Å². The molecule has 1 rings (SSSR count). The summed E-state index contributed by atoms with van der Waals surface area (Å²) in [6, 6.07) is 3.20. The number of aromatic nitrogens is 1. The summed E-state index contributed by atoms with van der Waals surface area (Å²) in [5.41, 5.74) is 0.345. The average Bonchev–Trinajstić information content (AvgIpc) is 2.26. The standard InChI is InChI=1S/C12H17Cl2N3O/c1-8(6-7-17(2)3)15-12(18)9-4-5-10(13)16-11(9)14/h4-5,8H,6-7H2,1-3H3,(H,15,18). The number of carbonyl (C=O) groups excluding carboxylic acids is 1. The summed E-state index contributed by atoms with van der Waals surface area (Å²) in [6.07, 6.45) is 0.872. The highest BCUT2D eigenvalue weighted by Gasteiger charge is 2.14. The van der Waals surface area contributed by atoms with E-state index in [1.807, 2.05) is 21.0 Å². The van der Waals surface area contributed by atoms with E-state index < -0.39 is 0 Å². The summed E-state index contributed by atoms with van der Waals surface area (Å²) >= 11 is 11.5. The molecule has 1 atom stereocenters. The second-order valence-electron chi connectivity index (χ2n) is 4.44. The van der Waals surface area contributed by atoms with Gasteiger partial charge in [-0.05, 0) is 46.1 Å². The van der Waals surface area contributed by atoms with E-state index in [4.69, 9.17) is 23.2 Å². The summed E-state index contributed by atoms with van der Waals surface area (Å²) in [5, 5.41) is 3.28. The molecular weight excluding hydrogens is 273 g/mol. The Morgan fingerprint density at radius 2 is 2.11 bits per heavy atom. The maximum atomic E-state index is 11.9. The lowest BCUT2D eigenvalue weighted by Crippen LogP contribution is -2.35. The highest BCUT2D eigenvalue weighted by Crippen LogP contribution is 2.16. The number of nitrogens with zero attached hydrogens (tertiary/aromatic N) is 2. The van der Waals surface area contributed by atoms with Crippen molar-refractivity contribution in [3.05, 3.63) is 28.0 Å². The molecule has 0 saturated heterocycles. The quantitative estimate of drug-likeness (QED) is 0.847. The van der Waals surface area contributed by atoms with Crippen LogP contribution in [-0.4, -0.2) is 42.5 Å². The molecule has 1 aromatic heterocycles. The molecule has 0 fully saturated rings. The molecule has 0 aromatic carbocycles. The number of hydrogen-bond acceptors (Lipinski definition) is 3. The van der Waals surface area contributed by atoms with E-state index in [9.17, 15) is 4.79 Å². The molecule has 0 radical (unpaired) electrons. The van der Waals surface area contributed by atoms with Gasteiger partial charge in [0.1, 0.15) is 10.3 Å². The average molecular weight is 290 g/mol. The van der Waals surface area contributed by atoms with Crippen molar-refractivity contribution in [2.75, 3.05) is 20.6 Å². The smallest absolute Gasteiger partial charge is 0.254 e. The molecule has 1 heterocycles. The van der Waals surface area contributed by atoms with Crippen molar-refractivity contribution in [1.82, 2.24) is 15.2 Å². The Balaban J connectivity index is 2.59. The van der Waals surface area contributed by atoms with Gasteiger partial charge < -0.3 is 10.2 Å². The predicted octanol–water partition coefficient (Wildman–Crippen LogP) is 2.46. The summed E-state index contributed by atoms with van der Waals surface area (Å²) < 4.78 is 0. The molecule has 0 bridgehead atoms. The predicted molar refractivity (Wildman–Crippen MR) is 74.4 cm³/mol. The van der Waals surface area contributed by atoms with Crippen LogP contribution in [-0.2, 0) is 0 Å². The lowest BCUT2D eigenvalue weighted by atomic mass is 10.2. The van der Waals surface area contributed by atoms with Crippen molar-refractivity contribution < 1.29 is 4.79 Å². The molecule has 18 heavy (non-hydrogen) atoms. The second-order valence-corrected chi connectivity index (χ2v) is 5.18. The SMILES string of the molecule is CC(CCN(C)C)NC(=O)c1ccc(Cl)nc1Cl. The minimum absolute atomic E-state index is 0.0756. The van der Waals surface area contributed by atoms with E-state index in [1.165, 1.54) is 0 Å². The van der Waals surface area contributed by atoms with Crippen molar-refractivity contribution in [2.24, 2.45) is 0 Å². The normalized spacial score (nSPS) is 12.6. The van der Waals surface area contributed by atoms with Crippen molar-refractivity contribution >= 4 is 29.1 Å². The van der Waals surface area contributed by atoms with Crippen LogP contribution in [0.4, 0.5) is 0 Å². The minimum Gasteiger partial charge on any atom is -0.349 e. The van der Waals surface area contributed by atoms with Crippen molar-refractivity contribution in [3.8, 4) is 0 Å². The Kier molecular flexibility index (Phi) is 5.85. The number of nitrogens with one attached hydrogen (secondary N) is 1. The van der Waals surface area contributed by atoms with Crippen LogP contribution in [0, 0.1) is 0 Å². The molecule has 4 nitrogen and oxygen atoms in total. The highest BCUT2D eigenvalue weighted by molar-refractivity contribution is 6.34. The van der Waals surface area contributed by atoms with E-state index in [-0.39, 0.29) is 22.3 Å². The lowest BCUT2D eigenvalue weighted by molar-refractivity contribution is 0.0936. The van der Waals surface area contributed by atoms with E-state index in [1.54, 1.807) is 12.1 Å². The first-order valence-corrected chi connectivity index (χ1v) is 6.43. The van der Waals surface area contributed by atoms with Crippen molar-refractivity contribution in [1.29, 1.82) is 0 Å². The van der Waals surface area contributed by atoms with Gasteiger partial charge in [-0.25, -0.2) is 4.98 Å². The first-order valence-electron chi connectivity index (χ1n) is 5.67. The maximum Gasteiger partial charge on any atom is 0.254 e. The van der Waals surface area contributed by atoms with Gasteiger partial charge in [-0.15, -0.1) is 0 Å². The Hall–Kier alpha value is -0.840. The molecule has 1 unspecified atom stereocenters. The monoisotopic (exact) mass is 289 g/mol. The number of halogens is 2. The van der Waals surface area contributed by atoms with Gasteiger partial charge in [-0.3, -0.25) is 4.79 Å². The largest absolute Gasteiger partial charge is 0.349 e. The number of carbonyl (C=O) groups is 1. The number of hydrogen-bond donors (Lipinski definition) is 1. The molecule has 0 saturated carbocycles. The molecule has 1 amide bonds. The molecule has 0 spiro atoms. The van der Waals surface area contributed by atoms with Crippen LogP contribution in [0.3, 0.4) is 0 Å². The molecular formula is C12H17Cl2N3O. The zero-order valence-corrected chi connectivity index (χ0v) is 12.2. The third-order valence-electron chi connectivity index (χ3n) is 2.45. The Morgan fingerprint density at radius 1 is 1.44 bits per heavy atom. The molecule has 6 heteroatoms. The first kappa shape index (κ1) is 15.2. The zero-order valence-electron chi connectivity index (χ0n) is 10.7.